The van der Waals surface area contributed by atoms with E-state index in [2.05, 4.69) is 5.32 Å². The van der Waals surface area contributed by atoms with E-state index >= 15 is 0 Å². The van der Waals surface area contributed by atoms with Gasteiger partial charge in [0.2, 0.25) is 5.91 Å². The van der Waals surface area contributed by atoms with Crippen LogP contribution in [0, 0.1) is 10.1 Å². The zero-order chi connectivity index (χ0) is 15.3. The zero-order valence-electron chi connectivity index (χ0n) is 10.8. The highest BCUT2D eigenvalue weighted by molar-refractivity contribution is 5.97. The summed E-state index contributed by atoms with van der Waals surface area (Å²) < 4.78 is 0. The Labute approximate surface area is 114 Å². The van der Waals surface area contributed by atoms with E-state index in [1.165, 1.54) is 6.07 Å². The highest BCUT2D eigenvalue weighted by Gasteiger charge is 2.20. The van der Waals surface area contributed by atoms with Gasteiger partial charge in [0.15, 0.2) is 5.75 Å². The molecule has 0 radical (unpaired) electrons. The minimum absolute atomic E-state index is 0.00968. The third kappa shape index (κ3) is 3.67. The number of nitro benzene ring substituents is 1. The maximum atomic E-state index is 11.9. The number of primary amides is 1. The van der Waals surface area contributed by atoms with Gasteiger partial charge in [0.05, 0.1) is 4.92 Å². The Hall–Kier alpha value is -2.64. The van der Waals surface area contributed by atoms with Crippen molar-refractivity contribution in [2.75, 3.05) is 0 Å². The Bertz CT molecular complexity index is 544. The molecule has 0 aliphatic heterocycles. The average Bonchev–Trinajstić information content (AvgIpc) is 2.37. The first-order valence-electron chi connectivity index (χ1n) is 5.94. The molecule has 1 aromatic rings. The Balaban J connectivity index is 2.90. The van der Waals surface area contributed by atoms with Crippen LogP contribution in [-0.2, 0) is 4.79 Å². The van der Waals surface area contributed by atoms with Crippen LogP contribution in [0.1, 0.15) is 30.1 Å². The first kappa shape index (κ1) is 15.4. The van der Waals surface area contributed by atoms with Crippen molar-refractivity contribution in [1.29, 1.82) is 0 Å². The molecule has 0 saturated heterocycles. The monoisotopic (exact) mass is 281 g/mol. The van der Waals surface area contributed by atoms with E-state index in [0.29, 0.717) is 12.8 Å². The first-order valence-corrected chi connectivity index (χ1v) is 5.94. The molecule has 2 amide bonds. The zero-order valence-corrected chi connectivity index (χ0v) is 10.8. The lowest BCUT2D eigenvalue weighted by atomic mass is 10.1. The van der Waals surface area contributed by atoms with E-state index in [9.17, 15) is 24.8 Å². The molecule has 20 heavy (non-hydrogen) atoms. The molecule has 108 valence electrons. The maximum Gasteiger partial charge on any atom is 0.310 e. The van der Waals surface area contributed by atoms with E-state index in [1.54, 1.807) is 0 Å². The summed E-state index contributed by atoms with van der Waals surface area (Å²) in [5.41, 5.74) is 4.66. The van der Waals surface area contributed by atoms with Crippen molar-refractivity contribution < 1.29 is 19.6 Å². The fraction of sp³-hybridized carbons (Fsp3) is 0.333. The van der Waals surface area contributed by atoms with Crippen LogP contribution in [0.4, 0.5) is 5.69 Å². The molecule has 0 aromatic heterocycles. The van der Waals surface area contributed by atoms with Crippen molar-refractivity contribution in [3.63, 3.8) is 0 Å². The van der Waals surface area contributed by atoms with Crippen molar-refractivity contribution in [2.24, 2.45) is 5.73 Å². The maximum absolute atomic E-state index is 11.9. The molecular weight excluding hydrogens is 266 g/mol. The second-order valence-electron chi connectivity index (χ2n) is 4.18. The Morgan fingerprint density at radius 3 is 2.60 bits per heavy atom. The van der Waals surface area contributed by atoms with Gasteiger partial charge in [0, 0.05) is 11.6 Å². The predicted octanol–water partition coefficient (Wildman–Crippen LogP) is 0.684. The van der Waals surface area contributed by atoms with Crippen LogP contribution in [-0.4, -0.2) is 27.9 Å². The van der Waals surface area contributed by atoms with Crippen molar-refractivity contribution >= 4 is 17.5 Å². The van der Waals surface area contributed by atoms with Crippen LogP contribution in [0.2, 0.25) is 0 Å². The van der Waals surface area contributed by atoms with Crippen molar-refractivity contribution in [1.82, 2.24) is 5.32 Å². The molecule has 0 aliphatic rings. The second kappa shape index (κ2) is 6.50. The highest BCUT2D eigenvalue weighted by Crippen LogP contribution is 2.26. The first-order chi connectivity index (χ1) is 9.36. The van der Waals surface area contributed by atoms with Gasteiger partial charge >= 0.3 is 5.69 Å². The molecule has 1 rings (SSSR count). The number of nitro groups is 1. The third-order valence-electron chi connectivity index (χ3n) is 2.66. The summed E-state index contributed by atoms with van der Waals surface area (Å²) in [6.07, 6.45) is 1.04. The van der Waals surface area contributed by atoms with Gasteiger partial charge < -0.3 is 16.2 Å². The minimum atomic E-state index is -0.815. The number of nitrogens with zero attached hydrogens (tertiary/aromatic N) is 1. The molecule has 8 heteroatoms. The molecule has 1 aromatic carbocycles. The molecular formula is C12H15N3O5. The van der Waals surface area contributed by atoms with E-state index in [0.717, 1.165) is 12.1 Å². The number of benzene rings is 1. The van der Waals surface area contributed by atoms with Gasteiger partial charge in [-0.2, -0.15) is 0 Å². The van der Waals surface area contributed by atoms with E-state index in [1.807, 2.05) is 6.92 Å². The number of phenols is 1. The summed E-state index contributed by atoms with van der Waals surface area (Å²) in [4.78, 5) is 32.8. The molecule has 0 spiro atoms. The number of nitrogens with one attached hydrogen (secondary N) is 1. The van der Waals surface area contributed by atoms with Crippen molar-refractivity contribution in [3.05, 3.63) is 33.9 Å². The van der Waals surface area contributed by atoms with Crippen LogP contribution in [0.5, 0.6) is 5.75 Å². The standard InChI is InChI=1S/C12H15N3O5/c1-2-3-8(11(13)17)14-12(18)7-4-5-9(15(19)20)10(16)6-7/h4-6,8,16H,2-3H2,1H3,(H2,13,17)(H,14,18). The molecule has 0 heterocycles. The fourth-order valence-electron chi connectivity index (χ4n) is 1.63. The summed E-state index contributed by atoms with van der Waals surface area (Å²) in [5.74, 6) is -1.91. The Morgan fingerprint density at radius 1 is 1.50 bits per heavy atom. The third-order valence-corrected chi connectivity index (χ3v) is 2.66. The van der Waals surface area contributed by atoms with Gasteiger partial charge in [0.25, 0.3) is 5.91 Å². The quantitative estimate of drug-likeness (QED) is 0.520. The summed E-state index contributed by atoms with van der Waals surface area (Å²) in [7, 11) is 0. The SMILES string of the molecule is CCCC(NC(=O)c1ccc([N+](=O)[O-])c(O)c1)C(N)=O. The molecule has 0 fully saturated rings. The molecule has 4 N–H and O–H groups in total. The number of carbonyl (C=O) groups excluding carboxylic acids is 2. The second-order valence-corrected chi connectivity index (χ2v) is 4.18. The van der Waals surface area contributed by atoms with Crippen LogP contribution < -0.4 is 11.1 Å². The lowest BCUT2D eigenvalue weighted by Gasteiger charge is -2.14. The van der Waals surface area contributed by atoms with Crippen LogP contribution >= 0.6 is 0 Å². The average molecular weight is 281 g/mol. The fourth-order valence-corrected chi connectivity index (χ4v) is 1.63. The van der Waals surface area contributed by atoms with E-state index < -0.39 is 34.2 Å². The lowest BCUT2D eigenvalue weighted by molar-refractivity contribution is -0.385. The molecule has 0 aliphatic carbocycles. The summed E-state index contributed by atoms with van der Waals surface area (Å²) in [5, 5.41) is 22.4. The molecule has 1 atom stereocenters. The van der Waals surface area contributed by atoms with Gasteiger partial charge in [-0.15, -0.1) is 0 Å². The van der Waals surface area contributed by atoms with Gasteiger partial charge in [-0.3, -0.25) is 19.7 Å². The Morgan fingerprint density at radius 2 is 2.15 bits per heavy atom. The highest BCUT2D eigenvalue weighted by atomic mass is 16.6. The van der Waals surface area contributed by atoms with Crippen LogP contribution in [0.15, 0.2) is 18.2 Å². The van der Waals surface area contributed by atoms with Crippen molar-refractivity contribution in [2.45, 2.75) is 25.8 Å². The number of amides is 2. The van der Waals surface area contributed by atoms with Gasteiger partial charge in [-0.1, -0.05) is 13.3 Å². The minimum Gasteiger partial charge on any atom is -0.502 e. The largest absolute Gasteiger partial charge is 0.502 e. The summed E-state index contributed by atoms with van der Waals surface area (Å²) in [6, 6.07) is 2.36. The smallest absolute Gasteiger partial charge is 0.310 e. The number of rotatable bonds is 6. The number of carbonyl (C=O) groups is 2. The van der Waals surface area contributed by atoms with Crippen LogP contribution in [0.25, 0.3) is 0 Å². The summed E-state index contributed by atoms with van der Waals surface area (Å²) >= 11 is 0. The number of aromatic hydroxyl groups is 1. The summed E-state index contributed by atoms with van der Waals surface area (Å²) in [6.45, 7) is 1.83. The molecule has 1 unspecified atom stereocenters. The number of hydrogen-bond acceptors (Lipinski definition) is 5. The Kier molecular flexibility index (Phi) is 5.01. The number of phenolic OH excluding ortho intramolecular Hbond substituents is 1. The number of nitrogens with two attached hydrogens (primary N) is 1. The topological polar surface area (TPSA) is 136 Å². The number of hydrogen-bond donors (Lipinski definition) is 3. The van der Waals surface area contributed by atoms with Gasteiger partial charge in [0.1, 0.15) is 6.04 Å². The van der Waals surface area contributed by atoms with Gasteiger partial charge in [-0.25, -0.2) is 0 Å². The van der Waals surface area contributed by atoms with Gasteiger partial charge in [-0.05, 0) is 18.6 Å². The lowest BCUT2D eigenvalue weighted by Crippen LogP contribution is -2.44. The van der Waals surface area contributed by atoms with E-state index in [4.69, 9.17) is 5.73 Å². The van der Waals surface area contributed by atoms with E-state index in [-0.39, 0.29) is 5.56 Å². The normalized spacial score (nSPS) is 11.7. The molecule has 0 bridgehead atoms. The predicted molar refractivity (Wildman–Crippen MR) is 70.1 cm³/mol. The van der Waals surface area contributed by atoms with Crippen molar-refractivity contribution in [3.8, 4) is 5.75 Å². The van der Waals surface area contributed by atoms with Crippen LogP contribution in [0.3, 0.4) is 0 Å². The molecule has 8 nitrogen and oxygen atoms in total. The molecule has 0 saturated carbocycles.